The van der Waals surface area contributed by atoms with Crippen molar-refractivity contribution in [1.29, 1.82) is 0 Å². The van der Waals surface area contributed by atoms with E-state index in [2.05, 4.69) is 9.78 Å². The lowest BCUT2D eigenvalue weighted by atomic mass is 10.5. The molecule has 8 heavy (non-hydrogen) atoms. The molecule has 0 rings (SSSR count). The summed E-state index contributed by atoms with van der Waals surface area (Å²) in [5, 5.41) is 7.79. The highest BCUT2D eigenvalue weighted by Gasteiger charge is 1.93. The van der Waals surface area contributed by atoms with Crippen molar-refractivity contribution in [2.45, 2.75) is 13.3 Å². The van der Waals surface area contributed by atoms with Crippen molar-refractivity contribution >= 4 is 6.16 Å². The zero-order valence-electron chi connectivity index (χ0n) is 4.59. The standard InChI is InChI=1S/C4H8O4/c1-2-3-7-8-4(5)6/h2-3H2,1H3,(H,5,6). The summed E-state index contributed by atoms with van der Waals surface area (Å²) < 4.78 is 0. The zero-order chi connectivity index (χ0) is 6.41. The van der Waals surface area contributed by atoms with Crippen molar-refractivity contribution in [3.8, 4) is 0 Å². The molecule has 0 saturated carbocycles. The third kappa shape index (κ3) is 5.23. The normalized spacial score (nSPS) is 8.62. The summed E-state index contributed by atoms with van der Waals surface area (Å²) in [5.41, 5.74) is 0. The first kappa shape index (κ1) is 7.23. The Kier molecular flexibility index (Phi) is 3.97. The molecule has 0 amide bonds. The lowest BCUT2D eigenvalue weighted by Gasteiger charge is -1.93. The van der Waals surface area contributed by atoms with Crippen molar-refractivity contribution in [2.75, 3.05) is 6.61 Å². The Balaban J connectivity index is 2.82. The van der Waals surface area contributed by atoms with E-state index in [0.29, 0.717) is 6.61 Å². The van der Waals surface area contributed by atoms with Crippen LogP contribution in [-0.2, 0) is 9.78 Å². The maximum absolute atomic E-state index is 9.53. The van der Waals surface area contributed by atoms with E-state index in [1.807, 2.05) is 6.92 Å². The highest BCUT2D eigenvalue weighted by molar-refractivity contribution is 5.55. The van der Waals surface area contributed by atoms with E-state index in [0.717, 1.165) is 6.42 Å². The Bertz CT molecular complexity index is 70.4. The summed E-state index contributed by atoms with van der Waals surface area (Å²) in [4.78, 5) is 17.4. The number of carboxylic acid groups (broad SMARTS) is 1. The molecule has 4 heteroatoms. The van der Waals surface area contributed by atoms with Crippen LogP contribution in [0.25, 0.3) is 0 Å². The first-order chi connectivity index (χ1) is 3.77. The monoisotopic (exact) mass is 120 g/mol. The van der Waals surface area contributed by atoms with Gasteiger partial charge in [-0.2, -0.15) is 4.89 Å². The van der Waals surface area contributed by atoms with Crippen LogP contribution in [-0.4, -0.2) is 17.9 Å². The van der Waals surface area contributed by atoms with Gasteiger partial charge in [0.1, 0.15) is 0 Å². The van der Waals surface area contributed by atoms with Gasteiger partial charge in [-0.15, -0.1) is 0 Å². The Morgan fingerprint density at radius 2 is 2.38 bits per heavy atom. The second-order valence-corrected chi connectivity index (χ2v) is 1.17. The number of carbonyl (C=O) groups is 1. The van der Waals surface area contributed by atoms with Crippen LogP contribution in [0, 0.1) is 0 Å². The first-order valence-corrected chi connectivity index (χ1v) is 2.29. The van der Waals surface area contributed by atoms with Gasteiger partial charge in [0.2, 0.25) is 0 Å². The number of hydrogen-bond acceptors (Lipinski definition) is 3. The lowest BCUT2D eigenvalue weighted by Crippen LogP contribution is -2.01. The van der Waals surface area contributed by atoms with Gasteiger partial charge in [-0.3, -0.25) is 4.89 Å². The minimum absolute atomic E-state index is 0.312. The molecule has 48 valence electrons. The quantitative estimate of drug-likeness (QED) is 0.343. The third-order valence-corrected chi connectivity index (χ3v) is 0.418. The van der Waals surface area contributed by atoms with Crippen molar-refractivity contribution in [3.63, 3.8) is 0 Å². The van der Waals surface area contributed by atoms with E-state index in [1.54, 1.807) is 0 Å². The Morgan fingerprint density at radius 1 is 1.75 bits per heavy atom. The van der Waals surface area contributed by atoms with E-state index in [1.165, 1.54) is 0 Å². The van der Waals surface area contributed by atoms with Crippen LogP contribution in [0.5, 0.6) is 0 Å². The van der Waals surface area contributed by atoms with Gasteiger partial charge in [-0.25, -0.2) is 4.79 Å². The Hall–Kier alpha value is -0.770. The average molecular weight is 120 g/mol. The number of hydrogen-bond donors (Lipinski definition) is 1. The highest BCUT2D eigenvalue weighted by atomic mass is 17.2. The van der Waals surface area contributed by atoms with Crippen LogP contribution in [0.1, 0.15) is 13.3 Å². The van der Waals surface area contributed by atoms with Gasteiger partial charge in [-0.1, -0.05) is 6.92 Å². The molecule has 0 fully saturated rings. The van der Waals surface area contributed by atoms with Gasteiger partial charge in [0.15, 0.2) is 0 Å². The van der Waals surface area contributed by atoms with Crippen molar-refractivity contribution < 1.29 is 19.7 Å². The van der Waals surface area contributed by atoms with Gasteiger partial charge in [0.05, 0.1) is 6.61 Å². The highest BCUT2D eigenvalue weighted by Crippen LogP contribution is 1.81. The molecule has 0 atom stereocenters. The average Bonchev–Trinajstić information content (AvgIpc) is 1.66. The summed E-state index contributed by atoms with van der Waals surface area (Å²) in [6, 6.07) is 0. The molecule has 1 N–H and O–H groups in total. The van der Waals surface area contributed by atoms with Crippen LogP contribution >= 0.6 is 0 Å². The molecule has 0 aromatic heterocycles. The van der Waals surface area contributed by atoms with Crippen molar-refractivity contribution in [3.05, 3.63) is 0 Å². The predicted molar refractivity (Wildman–Crippen MR) is 25.4 cm³/mol. The second kappa shape index (κ2) is 4.39. The maximum atomic E-state index is 9.53. The first-order valence-electron chi connectivity index (χ1n) is 2.29. The molecule has 0 saturated heterocycles. The SMILES string of the molecule is CCCOOC(=O)O. The van der Waals surface area contributed by atoms with Gasteiger partial charge < -0.3 is 5.11 Å². The minimum atomic E-state index is -1.40. The molecule has 0 aliphatic heterocycles. The molecular weight excluding hydrogens is 112 g/mol. The Morgan fingerprint density at radius 3 is 2.75 bits per heavy atom. The largest absolute Gasteiger partial charge is 0.537 e. The molecular formula is C4H8O4. The number of rotatable bonds is 3. The molecule has 0 aliphatic carbocycles. The van der Waals surface area contributed by atoms with E-state index < -0.39 is 6.16 Å². The van der Waals surface area contributed by atoms with E-state index in [4.69, 9.17) is 5.11 Å². The second-order valence-electron chi connectivity index (χ2n) is 1.17. The lowest BCUT2D eigenvalue weighted by molar-refractivity contribution is -0.250. The molecule has 0 radical (unpaired) electrons. The van der Waals surface area contributed by atoms with Crippen molar-refractivity contribution in [1.82, 2.24) is 0 Å². The van der Waals surface area contributed by atoms with Gasteiger partial charge >= 0.3 is 6.16 Å². The van der Waals surface area contributed by atoms with Crippen LogP contribution in [0.15, 0.2) is 0 Å². The molecule has 4 nitrogen and oxygen atoms in total. The molecule has 0 aromatic rings. The fourth-order valence-corrected chi connectivity index (χ4v) is 0.175. The smallest absolute Gasteiger partial charge is 0.448 e. The molecule has 0 spiro atoms. The van der Waals surface area contributed by atoms with Gasteiger partial charge in [0, 0.05) is 0 Å². The van der Waals surface area contributed by atoms with E-state index >= 15 is 0 Å². The topological polar surface area (TPSA) is 55.8 Å². The van der Waals surface area contributed by atoms with E-state index in [-0.39, 0.29) is 0 Å². The van der Waals surface area contributed by atoms with Crippen molar-refractivity contribution in [2.24, 2.45) is 0 Å². The van der Waals surface area contributed by atoms with Gasteiger partial charge in [-0.05, 0) is 6.42 Å². The van der Waals surface area contributed by atoms with Gasteiger partial charge in [0.25, 0.3) is 0 Å². The van der Waals surface area contributed by atoms with Crippen LogP contribution in [0.4, 0.5) is 4.79 Å². The minimum Gasteiger partial charge on any atom is -0.448 e. The third-order valence-electron chi connectivity index (χ3n) is 0.418. The fraction of sp³-hybridized carbons (Fsp3) is 0.750. The predicted octanol–water partition coefficient (Wildman–Crippen LogP) is 1.02. The fourth-order valence-electron chi connectivity index (χ4n) is 0.175. The molecule has 0 aromatic carbocycles. The molecule has 0 unspecified atom stereocenters. The van der Waals surface area contributed by atoms with E-state index in [9.17, 15) is 4.79 Å². The van der Waals surface area contributed by atoms with Crippen LogP contribution in [0.2, 0.25) is 0 Å². The summed E-state index contributed by atoms with van der Waals surface area (Å²) in [6.07, 6.45) is -0.661. The molecule has 0 heterocycles. The summed E-state index contributed by atoms with van der Waals surface area (Å²) in [6.45, 7) is 2.16. The van der Waals surface area contributed by atoms with Crippen LogP contribution < -0.4 is 0 Å². The molecule has 0 aliphatic rings. The summed E-state index contributed by atoms with van der Waals surface area (Å²) >= 11 is 0. The zero-order valence-corrected chi connectivity index (χ0v) is 4.59. The Labute approximate surface area is 46.9 Å². The summed E-state index contributed by atoms with van der Waals surface area (Å²) in [7, 11) is 0. The van der Waals surface area contributed by atoms with Crippen LogP contribution in [0.3, 0.4) is 0 Å². The molecule has 0 bridgehead atoms. The summed E-state index contributed by atoms with van der Waals surface area (Å²) in [5.74, 6) is 0. The maximum Gasteiger partial charge on any atom is 0.537 e.